The van der Waals surface area contributed by atoms with Crippen molar-refractivity contribution >= 4 is 11.9 Å². The molecular weight excluding hydrogens is 376 g/mol. The van der Waals surface area contributed by atoms with Crippen molar-refractivity contribution in [3.05, 3.63) is 71.8 Å². The smallest absolute Gasteiger partial charge is 0.310 e. The number of carbonyl (C=O) groups is 2. The summed E-state index contributed by atoms with van der Waals surface area (Å²) in [5.41, 5.74) is 1.78. The minimum absolute atomic E-state index is 0.274. The summed E-state index contributed by atoms with van der Waals surface area (Å²) >= 11 is 0. The number of benzene rings is 2. The molecular formula is C26H32O4. The van der Waals surface area contributed by atoms with Crippen LogP contribution in [0.15, 0.2) is 60.7 Å². The fraction of sp³-hybridized carbons (Fsp3) is 0.462. The topological polar surface area (TPSA) is 63.6 Å². The van der Waals surface area contributed by atoms with Gasteiger partial charge in [0.2, 0.25) is 0 Å². The second kappa shape index (κ2) is 11.0. The van der Waals surface area contributed by atoms with Gasteiger partial charge in [0, 0.05) is 11.8 Å². The van der Waals surface area contributed by atoms with E-state index in [1.54, 1.807) is 0 Å². The van der Waals surface area contributed by atoms with Gasteiger partial charge in [0.25, 0.3) is 0 Å². The van der Waals surface area contributed by atoms with Crippen LogP contribution in [0.3, 0.4) is 0 Å². The molecule has 1 N–H and O–H groups in total. The van der Waals surface area contributed by atoms with E-state index in [2.05, 4.69) is 6.92 Å². The molecule has 2 aromatic carbocycles. The first-order valence-electron chi connectivity index (χ1n) is 11.1. The Morgan fingerprint density at radius 3 is 1.77 bits per heavy atom. The molecule has 30 heavy (non-hydrogen) atoms. The van der Waals surface area contributed by atoms with Crippen LogP contribution in [0.25, 0.3) is 0 Å². The van der Waals surface area contributed by atoms with Crippen molar-refractivity contribution in [1.82, 2.24) is 0 Å². The molecule has 160 valence electrons. The number of unbranched alkanes of at least 4 members (excludes halogenated alkanes) is 5. The van der Waals surface area contributed by atoms with Crippen molar-refractivity contribution in [2.75, 3.05) is 6.61 Å². The van der Waals surface area contributed by atoms with E-state index in [-0.39, 0.29) is 17.8 Å². The number of carboxylic acid groups (broad SMARTS) is 1. The van der Waals surface area contributed by atoms with Crippen LogP contribution in [0.4, 0.5) is 0 Å². The summed E-state index contributed by atoms with van der Waals surface area (Å²) in [6.45, 7) is 2.60. The number of aliphatic carboxylic acids is 1. The van der Waals surface area contributed by atoms with Gasteiger partial charge in [0.15, 0.2) is 0 Å². The molecule has 4 heteroatoms. The molecule has 4 atom stereocenters. The molecule has 0 aromatic heterocycles. The van der Waals surface area contributed by atoms with Gasteiger partial charge in [-0.1, -0.05) is 99.7 Å². The average Bonchev–Trinajstić information content (AvgIpc) is 2.74. The standard InChI is InChI=1S/C26H32O4/c1-2-3-4-5-6-13-18-30-26(29)24-21(19-14-9-7-10-15-19)23(25(27)28)22(24)20-16-11-8-12-17-20/h7-12,14-17,21-24H,2-6,13,18H2,1H3,(H,27,28)/t21-,22+,23?,24?. The van der Waals surface area contributed by atoms with E-state index >= 15 is 0 Å². The second-order valence-electron chi connectivity index (χ2n) is 8.20. The van der Waals surface area contributed by atoms with Crippen molar-refractivity contribution < 1.29 is 19.4 Å². The Hall–Kier alpha value is -2.62. The van der Waals surface area contributed by atoms with Crippen LogP contribution in [-0.2, 0) is 14.3 Å². The second-order valence-corrected chi connectivity index (χ2v) is 8.20. The van der Waals surface area contributed by atoms with Crippen LogP contribution >= 0.6 is 0 Å². The first-order valence-corrected chi connectivity index (χ1v) is 11.1. The summed E-state index contributed by atoms with van der Waals surface area (Å²) in [7, 11) is 0. The monoisotopic (exact) mass is 408 g/mol. The molecule has 3 rings (SSSR count). The fourth-order valence-electron chi connectivity index (χ4n) is 4.68. The van der Waals surface area contributed by atoms with Crippen molar-refractivity contribution in [3.63, 3.8) is 0 Å². The lowest BCUT2D eigenvalue weighted by atomic mass is 9.52. The van der Waals surface area contributed by atoms with E-state index in [4.69, 9.17) is 4.74 Å². The summed E-state index contributed by atoms with van der Waals surface area (Å²) in [5, 5.41) is 9.96. The third-order valence-electron chi connectivity index (χ3n) is 6.22. The minimum Gasteiger partial charge on any atom is -0.481 e. The molecule has 1 aliphatic rings. The molecule has 0 aliphatic heterocycles. The number of esters is 1. The van der Waals surface area contributed by atoms with Gasteiger partial charge in [-0.25, -0.2) is 0 Å². The first kappa shape index (κ1) is 22.1. The maximum atomic E-state index is 13.1. The summed E-state index contributed by atoms with van der Waals surface area (Å²) in [4.78, 5) is 25.2. The van der Waals surface area contributed by atoms with Gasteiger partial charge in [-0.15, -0.1) is 0 Å². The maximum Gasteiger partial charge on any atom is 0.310 e. The van der Waals surface area contributed by atoms with Crippen LogP contribution < -0.4 is 0 Å². The maximum absolute atomic E-state index is 13.1. The van der Waals surface area contributed by atoms with Gasteiger partial charge < -0.3 is 9.84 Å². The predicted octanol–water partition coefficient (Wildman–Crippen LogP) is 5.79. The number of carboxylic acids is 1. The Morgan fingerprint density at radius 1 is 0.767 bits per heavy atom. The Morgan fingerprint density at radius 2 is 1.27 bits per heavy atom. The van der Waals surface area contributed by atoms with Crippen molar-refractivity contribution in [2.24, 2.45) is 11.8 Å². The zero-order chi connectivity index (χ0) is 21.3. The normalized spacial score (nSPS) is 22.8. The first-order chi connectivity index (χ1) is 14.6. The molecule has 0 bridgehead atoms. The highest BCUT2D eigenvalue weighted by molar-refractivity contribution is 5.84. The SMILES string of the molecule is CCCCCCCCOC(=O)C1[C@H](c2ccccc2)C(C(=O)O)[C@@H]1c1ccccc1. The van der Waals surface area contributed by atoms with E-state index in [1.165, 1.54) is 19.3 Å². The van der Waals surface area contributed by atoms with Gasteiger partial charge in [-0.3, -0.25) is 9.59 Å². The molecule has 1 aliphatic carbocycles. The van der Waals surface area contributed by atoms with E-state index in [0.29, 0.717) is 6.61 Å². The highest BCUT2D eigenvalue weighted by atomic mass is 16.5. The number of ether oxygens (including phenoxy) is 1. The molecule has 0 heterocycles. The van der Waals surface area contributed by atoms with E-state index in [0.717, 1.165) is 30.4 Å². The van der Waals surface area contributed by atoms with Crippen molar-refractivity contribution in [3.8, 4) is 0 Å². The Balaban J connectivity index is 1.73. The Bertz CT molecular complexity index is 755. The molecule has 1 saturated carbocycles. The van der Waals surface area contributed by atoms with Gasteiger partial charge >= 0.3 is 11.9 Å². The highest BCUT2D eigenvalue weighted by Gasteiger charge is 2.59. The van der Waals surface area contributed by atoms with E-state index in [1.807, 2.05) is 60.7 Å². The number of hydrogen-bond donors (Lipinski definition) is 1. The molecule has 2 unspecified atom stereocenters. The third-order valence-corrected chi connectivity index (χ3v) is 6.22. The molecule has 0 radical (unpaired) electrons. The van der Waals surface area contributed by atoms with Gasteiger partial charge in [-0.2, -0.15) is 0 Å². The fourth-order valence-corrected chi connectivity index (χ4v) is 4.68. The quantitative estimate of drug-likeness (QED) is 0.378. The lowest BCUT2D eigenvalue weighted by Gasteiger charge is -2.49. The van der Waals surface area contributed by atoms with Crippen LogP contribution in [0.5, 0.6) is 0 Å². The van der Waals surface area contributed by atoms with Crippen molar-refractivity contribution in [1.29, 1.82) is 0 Å². The van der Waals surface area contributed by atoms with Gasteiger partial charge in [-0.05, 0) is 17.5 Å². The lowest BCUT2D eigenvalue weighted by molar-refractivity contribution is -0.164. The minimum atomic E-state index is -0.863. The molecule has 0 amide bonds. The zero-order valence-electron chi connectivity index (χ0n) is 17.7. The molecule has 0 saturated heterocycles. The zero-order valence-corrected chi connectivity index (χ0v) is 17.7. The Kier molecular flexibility index (Phi) is 8.06. The lowest BCUT2D eigenvalue weighted by Crippen LogP contribution is -2.51. The molecule has 4 nitrogen and oxygen atoms in total. The predicted molar refractivity (Wildman–Crippen MR) is 117 cm³/mol. The summed E-state index contributed by atoms with van der Waals surface area (Å²) in [6.07, 6.45) is 6.75. The van der Waals surface area contributed by atoms with Crippen LogP contribution in [-0.4, -0.2) is 23.7 Å². The number of hydrogen-bond acceptors (Lipinski definition) is 3. The third kappa shape index (κ3) is 5.10. The summed E-state index contributed by atoms with van der Waals surface area (Å²) in [6, 6.07) is 19.0. The van der Waals surface area contributed by atoms with Crippen LogP contribution in [0.1, 0.15) is 68.4 Å². The van der Waals surface area contributed by atoms with Crippen LogP contribution in [0, 0.1) is 11.8 Å². The average molecular weight is 409 g/mol. The summed E-state index contributed by atoms with van der Waals surface area (Å²) in [5.74, 6) is -2.99. The largest absolute Gasteiger partial charge is 0.481 e. The van der Waals surface area contributed by atoms with Crippen LogP contribution in [0.2, 0.25) is 0 Å². The highest BCUT2D eigenvalue weighted by Crippen LogP contribution is 2.58. The Labute approximate surface area is 179 Å². The van der Waals surface area contributed by atoms with Crippen molar-refractivity contribution in [2.45, 2.75) is 57.3 Å². The number of rotatable bonds is 11. The van der Waals surface area contributed by atoms with E-state index in [9.17, 15) is 14.7 Å². The summed E-state index contributed by atoms with van der Waals surface area (Å²) < 4.78 is 5.65. The van der Waals surface area contributed by atoms with E-state index < -0.39 is 17.8 Å². The molecule has 2 aromatic rings. The van der Waals surface area contributed by atoms with Gasteiger partial charge in [0.05, 0.1) is 18.4 Å². The molecule has 1 fully saturated rings. The molecule has 0 spiro atoms. The van der Waals surface area contributed by atoms with Gasteiger partial charge in [0.1, 0.15) is 0 Å². The number of carbonyl (C=O) groups excluding carboxylic acids is 1.